The molecule has 1 aromatic heterocycles. The van der Waals surface area contributed by atoms with Crippen molar-refractivity contribution in [2.45, 2.75) is 6.92 Å². The summed E-state index contributed by atoms with van der Waals surface area (Å²) in [6.07, 6.45) is 1.51. The molecule has 0 unspecified atom stereocenters. The Labute approximate surface area is 96.6 Å². The summed E-state index contributed by atoms with van der Waals surface area (Å²) in [5, 5.41) is 14.5. The van der Waals surface area contributed by atoms with Crippen LogP contribution in [0.4, 0.5) is 5.69 Å². The van der Waals surface area contributed by atoms with Crippen molar-refractivity contribution in [2.75, 3.05) is 0 Å². The van der Waals surface area contributed by atoms with E-state index in [1.807, 2.05) is 19.1 Å². The van der Waals surface area contributed by atoms with Gasteiger partial charge in [0.1, 0.15) is 6.20 Å². The van der Waals surface area contributed by atoms with E-state index in [1.54, 1.807) is 12.1 Å². The van der Waals surface area contributed by atoms with Crippen LogP contribution in [0.25, 0.3) is 5.69 Å². The second-order valence-electron chi connectivity index (χ2n) is 3.54. The van der Waals surface area contributed by atoms with Crippen LogP contribution in [0.3, 0.4) is 0 Å². The quantitative estimate of drug-likeness (QED) is 0.459. The summed E-state index contributed by atoms with van der Waals surface area (Å²) in [5.74, 6) is 0. The van der Waals surface area contributed by atoms with E-state index in [1.165, 1.54) is 4.68 Å². The lowest BCUT2D eigenvalue weighted by Gasteiger charge is -2.02. The maximum Gasteiger partial charge on any atom is 0.318 e. The largest absolute Gasteiger partial charge is 0.318 e. The molecule has 6 nitrogen and oxygen atoms in total. The van der Waals surface area contributed by atoms with Gasteiger partial charge in [0, 0.05) is 0 Å². The molecule has 17 heavy (non-hydrogen) atoms. The molecular weight excluding hydrogens is 222 g/mol. The minimum absolute atomic E-state index is 0.0566. The first kappa shape index (κ1) is 11.0. The Balaban J connectivity index is 2.56. The number of carbonyl (C=O) groups excluding carboxylic acids is 1. The van der Waals surface area contributed by atoms with Crippen LogP contribution in [-0.4, -0.2) is 21.0 Å². The highest BCUT2D eigenvalue weighted by Crippen LogP contribution is 2.19. The smallest absolute Gasteiger partial charge is 0.296 e. The van der Waals surface area contributed by atoms with Crippen molar-refractivity contribution in [1.82, 2.24) is 9.78 Å². The Morgan fingerprint density at radius 3 is 2.53 bits per heavy atom. The van der Waals surface area contributed by atoms with Gasteiger partial charge in [0.05, 0.1) is 10.6 Å². The van der Waals surface area contributed by atoms with Crippen LogP contribution >= 0.6 is 0 Å². The highest BCUT2D eigenvalue weighted by molar-refractivity contribution is 5.79. The molecule has 86 valence electrons. The zero-order chi connectivity index (χ0) is 12.4. The molecule has 0 radical (unpaired) electrons. The Morgan fingerprint density at radius 1 is 1.35 bits per heavy atom. The topological polar surface area (TPSA) is 78.0 Å². The molecular formula is C11H9N3O3. The Kier molecular flexibility index (Phi) is 2.70. The minimum atomic E-state index is -0.624. The van der Waals surface area contributed by atoms with Crippen molar-refractivity contribution in [3.8, 4) is 5.69 Å². The van der Waals surface area contributed by atoms with Crippen LogP contribution in [0.15, 0.2) is 30.5 Å². The van der Waals surface area contributed by atoms with Gasteiger partial charge >= 0.3 is 5.69 Å². The summed E-state index contributed by atoms with van der Waals surface area (Å²) in [6.45, 7) is 1.93. The van der Waals surface area contributed by atoms with E-state index in [0.717, 1.165) is 11.8 Å². The van der Waals surface area contributed by atoms with Crippen LogP contribution in [0.2, 0.25) is 0 Å². The van der Waals surface area contributed by atoms with Gasteiger partial charge in [0.15, 0.2) is 12.0 Å². The fourth-order valence-corrected chi connectivity index (χ4v) is 1.49. The summed E-state index contributed by atoms with van der Waals surface area (Å²) in [4.78, 5) is 20.9. The molecule has 1 aromatic carbocycles. The van der Waals surface area contributed by atoms with Crippen molar-refractivity contribution in [1.29, 1.82) is 0 Å². The number of aldehydes is 1. The second-order valence-corrected chi connectivity index (χ2v) is 3.54. The molecule has 0 aliphatic rings. The number of aromatic nitrogens is 2. The molecule has 0 saturated heterocycles. The molecule has 2 aromatic rings. The van der Waals surface area contributed by atoms with Crippen LogP contribution in [0.5, 0.6) is 0 Å². The van der Waals surface area contributed by atoms with Crippen molar-refractivity contribution in [3.05, 3.63) is 51.8 Å². The van der Waals surface area contributed by atoms with E-state index < -0.39 is 4.92 Å². The third-order valence-electron chi connectivity index (χ3n) is 2.37. The maximum atomic E-state index is 10.9. The van der Waals surface area contributed by atoms with Gasteiger partial charge in [-0.2, -0.15) is 5.10 Å². The zero-order valence-corrected chi connectivity index (χ0v) is 9.03. The predicted octanol–water partition coefficient (Wildman–Crippen LogP) is 1.90. The Hall–Kier alpha value is -2.50. The summed E-state index contributed by atoms with van der Waals surface area (Å²) in [5.41, 5.74) is 1.33. The predicted molar refractivity (Wildman–Crippen MR) is 60.3 cm³/mol. The third-order valence-corrected chi connectivity index (χ3v) is 2.37. The van der Waals surface area contributed by atoms with Gasteiger partial charge in [-0.15, -0.1) is 0 Å². The summed E-state index contributed by atoms with van der Waals surface area (Å²) in [6, 6.07) is 7.19. The first-order chi connectivity index (χ1) is 8.13. The van der Waals surface area contributed by atoms with E-state index in [-0.39, 0.29) is 11.4 Å². The van der Waals surface area contributed by atoms with E-state index in [4.69, 9.17) is 0 Å². The lowest BCUT2D eigenvalue weighted by atomic mass is 10.2. The molecule has 0 atom stereocenters. The van der Waals surface area contributed by atoms with Gasteiger partial charge < -0.3 is 0 Å². The van der Waals surface area contributed by atoms with Crippen LogP contribution in [-0.2, 0) is 0 Å². The van der Waals surface area contributed by atoms with E-state index in [9.17, 15) is 14.9 Å². The summed E-state index contributed by atoms with van der Waals surface area (Å²) >= 11 is 0. The lowest BCUT2D eigenvalue weighted by molar-refractivity contribution is -0.385. The second kappa shape index (κ2) is 4.17. The first-order valence-corrected chi connectivity index (χ1v) is 4.88. The number of hydrogen-bond acceptors (Lipinski definition) is 4. The number of hydrogen-bond donors (Lipinski definition) is 0. The lowest BCUT2D eigenvalue weighted by Crippen LogP contribution is -2.02. The zero-order valence-electron chi connectivity index (χ0n) is 9.03. The number of nitrogens with zero attached hydrogens (tertiary/aromatic N) is 3. The van der Waals surface area contributed by atoms with Gasteiger partial charge in [-0.05, 0) is 19.1 Å². The van der Waals surface area contributed by atoms with Crippen LogP contribution in [0.1, 0.15) is 16.1 Å². The molecule has 0 spiro atoms. The van der Waals surface area contributed by atoms with Gasteiger partial charge in [-0.1, -0.05) is 17.7 Å². The van der Waals surface area contributed by atoms with Crippen molar-refractivity contribution in [2.24, 2.45) is 0 Å². The highest BCUT2D eigenvalue weighted by atomic mass is 16.6. The fraction of sp³-hybridized carbons (Fsp3) is 0.0909. The molecule has 2 rings (SSSR count). The van der Waals surface area contributed by atoms with Crippen LogP contribution in [0, 0.1) is 17.0 Å². The third kappa shape index (κ3) is 1.92. The summed E-state index contributed by atoms with van der Waals surface area (Å²) < 4.78 is 1.25. The first-order valence-electron chi connectivity index (χ1n) is 4.88. The number of carbonyl (C=O) groups is 1. The molecule has 6 heteroatoms. The maximum absolute atomic E-state index is 10.9. The highest BCUT2D eigenvalue weighted by Gasteiger charge is 2.20. The molecule has 0 aliphatic heterocycles. The van der Waals surface area contributed by atoms with Gasteiger partial charge in [0.2, 0.25) is 0 Å². The Morgan fingerprint density at radius 2 is 2.00 bits per heavy atom. The van der Waals surface area contributed by atoms with Crippen molar-refractivity contribution in [3.63, 3.8) is 0 Å². The molecule has 0 fully saturated rings. The number of benzene rings is 1. The fourth-order valence-electron chi connectivity index (χ4n) is 1.49. The van der Waals surface area contributed by atoms with Crippen molar-refractivity contribution >= 4 is 12.0 Å². The monoisotopic (exact) mass is 231 g/mol. The molecule has 0 saturated carbocycles. The minimum Gasteiger partial charge on any atom is -0.296 e. The normalized spacial score (nSPS) is 10.2. The van der Waals surface area contributed by atoms with E-state index in [0.29, 0.717) is 12.0 Å². The standard InChI is InChI=1S/C11H9N3O3/c1-8-2-4-9(5-3-8)13-11(7-15)10(6-12-13)14(16)17/h2-7H,1H3. The number of rotatable bonds is 3. The molecule has 0 bridgehead atoms. The van der Waals surface area contributed by atoms with E-state index >= 15 is 0 Å². The molecule has 0 aliphatic carbocycles. The SMILES string of the molecule is Cc1ccc(-n2ncc([N+](=O)[O-])c2C=O)cc1. The Bertz CT molecular complexity index is 572. The van der Waals surface area contributed by atoms with E-state index in [2.05, 4.69) is 5.10 Å². The summed E-state index contributed by atoms with van der Waals surface area (Å²) in [7, 11) is 0. The number of aryl methyl sites for hydroxylation is 1. The average Bonchev–Trinajstić information content (AvgIpc) is 2.73. The molecule has 1 heterocycles. The molecule has 0 N–H and O–H groups in total. The van der Waals surface area contributed by atoms with Gasteiger partial charge in [-0.3, -0.25) is 14.9 Å². The van der Waals surface area contributed by atoms with Crippen molar-refractivity contribution < 1.29 is 9.72 Å². The van der Waals surface area contributed by atoms with Gasteiger partial charge in [0.25, 0.3) is 0 Å². The van der Waals surface area contributed by atoms with Gasteiger partial charge in [-0.25, -0.2) is 4.68 Å². The van der Waals surface area contributed by atoms with Crippen LogP contribution < -0.4 is 0 Å². The molecule has 0 amide bonds. The number of nitro groups is 1. The average molecular weight is 231 g/mol.